The maximum absolute atomic E-state index is 11.9. The molecule has 0 saturated heterocycles. The fraction of sp³-hybridized carbons (Fsp3) is 0.400. The number of pyridine rings is 1. The van der Waals surface area contributed by atoms with E-state index in [2.05, 4.69) is 20.9 Å². The molecule has 1 rings (SSSR count). The van der Waals surface area contributed by atoms with Gasteiger partial charge in [-0.2, -0.15) is 0 Å². The fourth-order valence-corrected chi connectivity index (χ4v) is 2.69. The molecule has 8 heteroatoms. The van der Waals surface area contributed by atoms with Crippen molar-refractivity contribution in [2.75, 3.05) is 6.61 Å². The number of carbonyl (C=O) groups excluding carboxylic acids is 1. The molecule has 1 atom stereocenters. The average molecular weight is 337 g/mol. The van der Waals surface area contributed by atoms with Crippen molar-refractivity contribution < 1.29 is 17.9 Å². The molecule has 0 bridgehead atoms. The molecule has 0 spiro atoms. The second-order valence-corrected chi connectivity index (χ2v) is 6.00. The third-order valence-corrected chi connectivity index (χ3v) is 3.76. The molecule has 18 heavy (non-hydrogen) atoms. The molecular weight excluding hydrogens is 324 g/mol. The highest BCUT2D eigenvalue weighted by atomic mass is 79.9. The van der Waals surface area contributed by atoms with E-state index < -0.39 is 22.0 Å². The first-order chi connectivity index (χ1) is 8.36. The molecule has 0 radical (unpaired) electrons. The Kier molecular flexibility index (Phi) is 5.24. The van der Waals surface area contributed by atoms with E-state index in [9.17, 15) is 13.2 Å². The van der Waals surface area contributed by atoms with Gasteiger partial charge in [0.1, 0.15) is 11.0 Å². The Bertz CT molecular complexity index is 532. The summed E-state index contributed by atoms with van der Waals surface area (Å²) < 4.78 is 31.2. The Morgan fingerprint density at radius 2 is 2.22 bits per heavy atom. The van der Waals surface area contributed by atoms with E-state index in [1.165, 1.54) is 19.2 Å². The van der Waals surface area contributed by atoms with E-state index in [1.807, 2.05) is 4.72 Å². The lowest BCUT2D eigenvalue weighted by Gasteiger charge is -2.12. The van der Waals surface area contributed by atoms with Crippen molar-refractivity contribution in [1.29, 1.82) is 0 Å². The monoisotopic (exact) mass is 336 g/mol. The quantitative estimate of drug-likeness (QED) is 0.869. The van der Waals surface area contributed by atoms with Crippen molar-refractivity contribution in [1.82, 2.24) is 9.71 Å². The van der Waals surface area contributed by atoms with Gasteiger partial charge in [0.25, 0.3) is 15.9 Å². The second kappa shape index (κ2) is 6.26. The predicted molar refractivity (Wildman–Crippen MR) is 68.4 cm³/mol. The Morgan fingerprint density at radius 1 is 1.56 bits per heavy atom. The van der Waals surface area contributed by atoms with E-state index in [1.54, 1.807) is 6.92 Å². The highest BCUT2D eigenvalue weighted by molar-refractivity contribution is 9.10. The van der Waals surface area contributed by atoms with Crippen LogP contribution < -0.4 is 4.72 Å². The number of hydrogen-bond donors (Lipinski definition) is 1. The normalized spacial score (nSPS) is 13.1. The molecular formula is C10H13BrN2O4S. The number of nitrogens with one attached hydrogen (secondary N) is 1. The van der Waals surface area contributed by atoms with Crippen LogP contribution in [0.3, 0.4) is 0 Å². The number of aromatic nitrogens is 1. The van der Waals surface area contributed by atoms with Crippen LogP contribution in [0.1, 0.15) is 13.8 Å². The van der Waals surface area contributed by atoms with Crippen LogP contribution >= 0.6 is 15.9 Å². The zero-order valence-electron chi connectivity index (χ0n) is 9.88. The number of hydrogen-bond acceptors (Lipinski definition) is 5. The highest BCUT2D eigenvalue weighted by Crippen LogP contribution is 2.14. The van der Waals surface area contributed by atoms with Crippen LogP contribution in [0.2, 0.25) is 0 Å². The molecule has 1 aromatic rings. The van der Waals surface area contributed by atoms with Crippen molar-refractivity contribution in [3.63, 3.8) is 0 Å². The summed E-state index contributed by atoms with van der Waals surface area (Å²) in [6.45, 7) is 3.52. The Morgan fingerprint density at radius 3 is 2.78 bits per heavy atom. The second-order valence-electron chi connectivity index (χ2n) is 3.41. The smallest absolute Gasteiger partial charge is 0.265 e. The summed E-state index contributed by atoms with van der Waals surface area (Å²) in [4.78, 5) is 15.2. The van der Waals surface area contributed by atoms with Gasteiger partial charge in [0.15, 0.2) is 0 Å². The highest BCUT2D eigenvalue weighted by Gasteiger charge is 2.22. The SMILES string of the molecule is CCO[C@H](C)C(=O)NS(=O)(=O)c1cncc(Br)c1. The van der Waals surface area contributed by atoms with E-state index in [-0.39, 0.29) is 4.90 Å². The van der Waals surface area contributed by atoms with Gasteiger partial charge in [0.2, 0.25) is 0 Å². The molecule has 0 aliphatic heterocycles. The molecule has 0 aliphatic carbocycles. The summed E-state index contributed by atoms with van der Waals surface area (Å²) in [6.07, 6.45) is 1.78. The molecule has 1 heterocycles. The lowest BCUT2D eigenvalue weighted by Crippen LogP contribution is -2.38. The van der Waals surface area contributed by atoms with Gasteiger partial charge in [-0.25, -0.2) is 13.1 Å². The maximum Gasteiger partial charge on any atom is 0.265 e. The molecule has 0 saturated carbocycles. The van der Waals surface area contributed by atoms with Crippen molar-refractivity contribution in [2.45, 2.75) is 24.8 Å². The molecule has 1 amide bonds. The van der Waals surface area contributed by atoms with E-state index in [4.69, 9.17) is 4.74 Å². The zero-order valence-corrected chi connectivity index (χ0v) is 12.3. The third-order valence-electron chi connectivity index (χ3n) is 2.01. The van der Waals surface area contributed by atoms with Crippen LogP contribution in [0.4, 0.5) is 0 Å². The standard InChI is InChI=1S/C10H13BrN2O4S/c1-3-17-7(2)10(14)13-18(15,16)9-4-8(11)5-12-6-9/h4-7H,3H2,1-2H3,(H,13,14)/t7-/m1/s1. The predicted octanol–water partition coefficient (Wildman–Crippen LogP) is 1.07. The molecule has 6 nitrogen and oxygen atoms in total. The number of halogens is 1. The number of carbonyl (C=O) groups is 1. The van der Waals surface area contributed by atoms with Crippen LogP contribution in [0.5, 0.6) is 0 Å². The molecule has 0 fully saturated rings. The minimum Gasteiger partial charge on any atom is -0.369 e. The van der Waals surface area contributed by atoms with Gasteiger partial charge in [0.05, 0.1) is 0 Å². The third kappa shape index (κ3) is 4.04. The van der Waals surface area contributed by atoms with Gasteiger partial charge < -0.3 is 4.74 Å². The van der Waals surface area contributed by atoms with Crippen LogP contribution in [-0.4, -0.2) is 32.0 Å². The summed E-state index contributed by atoms with van der Waals surface area (Å²) in [5.74, 6) is -0.711. The van der Waals surface area contributed by atoms with E-state index >= 15 is 0 Å². The summed E-state index contributed by atoms with van der Waals surface area (Å²) in [5, 5.41) is 0. The van der Waals surface area contributed by atoms with Crippen LogP contribution in [0.15, 0.2) is 27.8 Å². The van der Waals surface area contributed by atoms with Crippen LogP contribution in [-0.2, 0) is 19.6 Å². The summed E-state index contributed by atoms with van der Waals surface area (Å²) in [7, 11) is -3.92. The van der Waals surface area contributed by atoms with Gasteiger partial charge in [-0.05, 0) is 35.8 Å². The minimum atomic E-state index is -3.92. The molecule has 100 valence electrons. The van der Waals surface area contributed by atoms with E-state index in [0.717, 1.165) is 6.20 Å². The van der Waals surface area contributed by atoms with Gasteiger partial charge in [-0.3, -0.25) is 9.78 Å². The summed E-state index contributed by atoms with van der Waals surface area (Å²) in [6, 6.07) is 1.36. The van der Waals surface area contributed by atoms with Gasteiger partial charge in [-0.15, -0.1) is 0 Å². The van der Waals surface area contributed by atoms with Crippen LogP contribution in [0, 0.1) is 0 Å². The first kappa shape index (κ1) is 15.1. The molecule has 0 unspecified atom stereocenters. The molecule has 0 aromatic carbocycles. The van der Waals surface area contributed by atoms with Crippen LogP contribution in [0.25, 0.3) is 0 Å². The number of nitrogens with zero attached hydrogens (tertiary/aromatic N) is 1. The Labute approximate surface area is 114 Å². The lowest BCUT2D eigenvalue weighted by atomic mass is 10.4. The summed E-state index contributed by atoms with van der Waals surface area (Å²) >= 11 is 3.11. The number of ether oxygens (including phenoxy) is 1. The number of sulfonamides is 1. The number of amides is 1. The topological polar surface area (TPSA) is 85.4 Å². The first-order valence-electron chi connectivity index (χ1n) is 5.15. The van der Waals surface area contributed by atoms with Crippen molar-refractivity contribution in [3.8, 4) is 0 Å². The fourth-order valence-electron chi connectivity index (χ4n) is 1.14. The van der Waals surface area contributed by atoms with Crippen molar-refractivity contribution in [2.24, 2.45) is 0 Å². The van der Waals surface area contributed by atoms with Gasteiger partial charge in [-0.1, -0.05) is 0 Å². The summed E-state index contributed by atoms with van der Waals surface area (Å²) in [5.41, 5.74) is 0. The first-order valence-corrected chi connectivity index (χ1v) is 7.43. The minimum absolute atomic E-state index is 0.0890. The molecule has 1 N–H and O–H groups in total. The largest absolute Gasteiger partial charge is 0.369 e. The average Bonchev–Trinajstić information content (AvgIpc) is 2.28. The zero-order chi connectivity index (χ0) is 13.8. The van der Waals surface area contributed by atoms with Gasteiger partial charge in [0, 0.05) is 23.5 Å². The van der Waals surface area contributed by atoms with Crippen molar-refractivity contribution in [3.05, 3.63) is 22.9 Å². The van der Waals surface area contributed by atoms with E-state index in [0.29, 0.717) is 11.1 Å². The Hall–Kier alpha value is -0.990. The maximum atomic E-state index is 11.9. The van der Waals surface area contributed by atoms with Crippen molar-refractivity contribution >= 4 is 31.9 Å². The lowest BCUT2D eigenvalue weighted by molar-refractivity contribution is -0.129. The molecule has 0 aliphatic rings. The Balaban J connectivity index is 2.86. The van der Waals surface area contributed by atoms with Gasteiger partial charge >= 0.3 is 0 Å². The number of rotatable bonds is 5. The molecule has 1 aromatic heterocycles.